The predicted molar refractivity (Wildman–Crippen MR) is 120 cm³/mol. The molecule has 0 atom stereocenters. The predicted octanol–water partition coefficient (Wildman–Crippen LogP) is 4.27. The Hall–Kier alpha value is -3.16. The van der Waals surface area contributed by atoms with E-state index in [4.69, 9.17) is 11.6 Å². The molecule has 4 aromatic rings. The lowest BCUT2D eigenvalue weighted by Crippen LogP contribution is -2.30. The lowest BCUT2D eigenvalue weighted by atomic mass is 10.1. The van der Waals surface area contributed by atoms with Crippen molar-refractivity contribution in [3.05, 3.63) is 71.5 Å². The summed E-state index contributed by atoms with van der Waals surface area (Å²) < 4.78 is 1.95. The number of imidazole rings is 1. The number of hydrazone groups is 1. The average Bonchev–Trinajstić information content (AvgIpc) is 3.48. The summed E-state index contributed by atoms with van der Waals surface area (Å²) in [4.78, 5) is 11.2. The maximum absolute atomic E-state index is 6.07. The zero-order chi connectivity index (χ0) is 19.6. The lowest BCUT2D eigenvalue weighted by molar-refractivity contribution is 0.920. The van der Waals surface area contributed by atoms with Gasteiger partial charge in [0.15, 0.2) is 0 Å². The molecule has 0 fully saturated rings. The SMILES string of the molecule is Clc1ccc2nc(-c3ccc(-c4ccc(/C=N/NC5=NCCN5)cc4)s3)cn2c1. The second-order valence-electron chi connectivity index (χ2n) is 6.55. The van der Waals surface area contributed by atoms with E-state index in [2.05, 4.69) is 62.2 Å². The summed E-state index contributed by atoms with van der Waals surface area (Å²) in [6.07, 6.45) is 5.66. The van der Waals surface area contributed by atoms with Crippen molar-refractivity contribution in [3.8, 4) is 21.0 Å². The Morgan fingerprint density at radius 2 is 1.93 bits per heavy atom. The minimum Gasteiger partial charge on any atom is -0.353 e. The van der Waals surface area contributed by atoms with Crippen LogP contribution in [0, 0.1) is 0 Å². The number of rotatable bonds is 4. The van der Waals surface area contributed by atoms with Gasteiger partial charge in [0.2, 0.25) is 5.96 Å². The summed E-state index contributed by atoms with van der Waals surface area (Å²) in [5.41, 5.74) is 6.92. The molecule has 3 aromatic heterocycles. The van der Waals surface area contributed by atoms with E-state index >= 15 is 0 Å². The number of hydrogen-bond donors (Lipinski definition) is 2. The van der Waals surface area contributed by atoms with Crippen LogP contribution in [0.25, 0.3) is 26.7 Å². The summed E-state index contributed by atoms with van der Waals surface area (Å²) in [5.74, 6) is 0.721. The number of pyridine rings is 1. The third-order valence-corrected chi connectivity index (χ3v) is 5.91. The van der Waals surface area contributed by atoms with Crippen LogP contribution >= 0.6 is 22.9 Å². The van der Waals surface area contributed by atoms with Gasteiger partial charge >= 0.3 is 0 Å². The first-order valence-electron chi connectivity index (χ1n) is 9.17. The summed E-state index contributed by atoms with van der Waals surface area (Å²) in [6.45, 7) is 1.65. The van der Waals surface area contributed by atoms with Crippen molar-refractivity contribution in [1.82, 2.24) is 20.1 Å². The Kier molecular flexibility index (Phi) is 4.75. The largest absolute Gasteiger partial charge is 0.353 e. The Morgan fingerprint density at radius 1 is 1.07 bits per heavy atom. The molecule has 0 bridgehead atoms. The number of hydrogen-bond acceptors (Lipinski definition) is 6. The topological polar surface area (TPSA) is 66.1 Å². The van der Waals surface area contributed by atoms with Crippen LogP contribution in [0.2, 0.25) is 5.02 Å². The van der Waals surface area contributed by atoms with Crippen molar-refractivity contribution in [1.29, 1.82) is 0 Å². The fraction of sp³-hybridized carbons (Fsp3) is 0.0952. The zero-order valence-corrected chi connectivity index (χ0v) is 16.9. The van der Waals surface area contributed by atoms with E-state index in [0.29, 0.717) is 5.02 Å². The van der Waals surface area contributed by atoms with Crippen LogP contribution in [-0.2, 0) is 0 Å². The Balaban J connectivity index is 1.32. The number of aromatic nitrogens is 2. The Bertz CT molecular complexity index is 1220. The second kappa shape index (κ2) is 7.69. The fourth-order valence-electron chi connectivity index (χ4n) is 3.09. The standard InChI is InChI=1S/C21H17ClN6S/c22-16-5-8-20-26-17(13-28(20)12-16)19-7-6-18(29-19)15-3-1-14(2-4-15)11-25-27-21-23-9-10-24-21/h1-8,11-13H,9-10H2,(H2,23,24,27)/b25-11+. The van der Waals surface area contributed by atoms with Crippen molar-refractivity contribution in [3.63, 3.8) is 0 Å². The monoisotopic (exact) mass is 420 g/mol. The van der Waals surface area contributed by atoms with Crippen LogP contribution in [0.5, 0.6) is 0 Å². The highest BCUT2D eigenvalue weighted by molar-refractivity contribution is 7.18. The summed E-state index contributed by atoms with van der Waals surface area (Å²) in [6, 6.07) is 16.3. The quantitative estimate of drug-likeness (QED) is 0.383. The van der Waals surface area contributed by atoms with Gasteiger partial charge in [-0.15, -0.1) is 11.3 Å². The van der Waals surface area contributed by atoms with E-state index in [1.807, 2.05) is 28.9 Å². The highest BCUT2D eigenvalue weighted by Crippen LogP contribution is 2.34. The smallest absolute Gasteiger partial charge is 0.212 e. The van der Waals surface area contributed by atoms with Crippen molar-refractivity contribution in [2.45, 2.75) is 0 Å². The van der Waals surface area contributed by atoms with E-state index in [9.17, 15) is 0 Å². The second-order valence-corrected chi connectivity index (χ2v) is 8.07. The molecule has 5 rings (SSSR count). The van der Waals surface area contributed by atoms with Crippen LogP contribution in [0.3, 0.4) is 0 Å². The van der Waals surface area contributed by atoms with E-state index in [0.717, 1.165) is 40.8 Å². The van der Waals surface area contributed by atoms with E-state index in [-0.39, 0.29) is 0 Å². The molecule has 0 saturated carbocycles. The van der Waals surface area contributed by atoms with Crippen LogP contribution in [0.1, 0.15) is 5.56 Å². The molecule has 0 amide bonds. The van der Waals surface area contributed by atoms with Crippen LogP contribution in [0.4, 0.5) is 0 Å². The summed E-state index contributed by atoms with van der Waals surface area (Å²) >= 11 is 7.79. The molecule has 0 saturated heterocycles. The van der Waals surface area contributed by atoms with Gasteiger partial charge in [-0.2, -0.15) is 5.10 Å². The number of guanidine groups is 1. The molecule has 1 aliphatic rings. The fourth-order valence-corrected chi connectivity index (χ4v) is 4.22. The molecule has 0 spiro atoms. The van der Waals surface area contributed by atoms with Crippen molar-refractivity contribution < 1.29 is 0 Å². The number of benzene rings is 1. The Morgan fingerprint density at radius 3 is 2.76 bits per heavy atom. The van der Waals surface area contributed by atoms with Gasteiger partial charge in [0, 0.05) is 23.8 Å². The van der Waals surface area contributed by atoms with Crippen LogP contribution in [0.15, 0.2) is 71.0 Å². The Labute approximate surface area is 176 Å². The minimum atomic E-state index is 0.694. The van der Waals surface area contributed by atoms with Gasteiger partial charge in [-0.3, -0.25) is 0 Å². The van der Waals surface area contributed by atoms with Gasteiger partial charge in [-0.1, -0.05) is 35.9 Å². The number of halogens is 1. The van der Waals surface area contributed by atoms with E-state index in [1.54, 1.807) is 17.6 Å². The first-order valence-corrected chi connectivity index (χ1v) is 10.4. The summed E-state index contributed by atoms with van der Waals surface area (Å²) in [5, 5.41) is 8.02. The third-order valence-electron chi connectivity index (χ3n) is 4.53. The first kappa shape index (κ1) is 17.9. The van der Waals surface area contributed by atoms with Crippen molar-refractivity contribution >= 4 is 40.8 Å². The number of nitrogens with zero attached hydrogens (tertiary/aromatic N) is 4. The zero-order valence-electron chi connectivity index (χ0n) is 15.3. The molecule has 4 heterocycles. The number of fused-ring (bicyclic) bond motifs is 1. The third kappa shape index (κ3) is 3.87. The van der Waals surface area contributed by atoms with Gasteiger partial charge in [-0.05, 0) is 35.4 Å². The van der Waals surface area contributed by atoms with Gasteiger partial charge in [0.1, 0.15) is 5.65 Å². The molecule has 0 radical (unpaired) electrons. The lowest BCUT2D eigenvalue weighted by Gasteiger charge is -2.00. The minimum absolute atomic E-state index is 0.694. The molecule has 29 heavy (non-hydrogen) atoms. The molecule has 2 N–H and O–H groups in total. The number of nitrogens with one attached hydrogen (secondary N) is 2. The van der Waals surface area contributed by atoms with Gasteiger partial charge in [-0.25, -0.2) is 15.4 Å². The molecular weight excluding hydrogens is 404 g/mol. The average molecular weight is 421 g/mol. The van der Waals surface area contributed by atoms with Crippen LogP contribution < -0.4 is 10.7 Å². The normalized spacial score (nSPS) is 13.8. The molecule has 0 unspecified atom stereocenters. The summed E-state index contributed by atoms with van der Waals surface area (Å²) in [7, 11) is 0. The maximum atomic E-state index is 6.07. The van der Waals surface area contributed by atoms with Crippen LogP contribution in [-0.4, -0.2) is 34.6 Å². The molecular formula is C21H17ClN6S. The highest BCUT2D eigenvalue weighted by Gasteiger charge is 2.09. The maximum Gasteiger partial charge on any atom is 0.212 e. The van der Waals surface area contributed by atoms with Crippen molar-refractivity contribution in [2.24, 2.45) is 10.1 Å². The van der Waals surface area contributed by atoms with Gasteiger partial charge in [0.25, 0.3) is 0 Å². The molecule has 1 aliphatic heterocycles. The molecule has 8 heteroatoms. The van der Waals surface area contributed by atoms with Gasteiger partial charge < -0.3 is 9.72 Å². The number of aliphatic imine (C=N–C) groups is 1. The molecule has 144 valence electrons. The van der Waals surface area contributed by atoms with Crippen molar-refractivity contribution in [2.75, 3.05) is 13.1 Å². The molecule has 0 aliphatic carbocycles. The molecule has 6 nitrogen and oxygen atoms in total. The first-order chi connectivity index (χ1) is 14.2. The number of thiophene rings is 1. The van der Waals surface area contributed by atoms with Gasteiger partial charge in [0.05, 0.1) is 28.4 Å². The molecule has 1 aromatic carbocycles. The van der Waals surface area contributed by atoms with E-state index < -0.39 is 0 Å². The highest BCUT2D eigenvalue weighted by atomic mass is 35.5. The van der Waals surface area contributed by atoms with E-state index in [1.165, 1.54) is 10.4 Å².